The van der Waals surface area contributed by atoms with Gasteiger partial charge < -0.3 is 13.9 Å². The molecule has 24 heavy (non-hydrogen) atoms. The van der Waals surface area contributed by atoms with Crippen LogP contribution < -0.4 is 9.47 Å². The fourth-order valence-corrected chi connectivity index (χ4v) is 2.39. The number of ether oxygens (including phenoxy) is 2. The van der Waals surface area contributed by atoms with Crippen LogP contribution in [-0.2, 0) is 13.0 Å². The van der Waals surface area contributed by atoms with Crippen molar-refractivity contribution < 1.29 is 18.7 Å². The van der Waals surface area contributed by atoms with Gasteiger partial charge in [-0.05, 0) is 29.3 Å². The van der Waals surface area contributed by atoms with Crippen molar-refractivity contribution in [2.45, 2.75) is 13.0 Å². The Morgan fingerprint density at radius 1 is 1.00 bits per heavy atom. The third-order valence-electron chi connectivity index (χ3n) is 3.67. The van der Waals surface area contributed by atoms with Crippen molar-refractivity contribution in [3.63, 3.8) is 0 Å². The number of carbonyl (C=O) groups excluding carboxylic acids is 1. The van der Waals surface area contributed by atoms with Gasteiger partial charge in [-0.1, -0.05) is 36.4 Å². The zero-order valence-electron chi connectivity index (χ0n) is 13.4. The lowest BCUT2D eigenvalue weighted by Gasteiger charge is -2.12. The number of carbonyl (C=O) groups is 1. The van der Waals surface area contributed by atoms with Crippen LogP contribution in [-0.4, -0.2) is 12.9 Å². The van der Waals surface area contributed by atoms with E-state index in [2.05, 4.69) is 0 Å². The van der Waals surface area contributed by atoms with Gasteiger partial charge >= 0.3 is 0 Å². The average Bonchev–Trinajstić information content (AvgIpc) is 3.16. The van der Waals surface area contributed by atoms with Crippen LogP contribution in [0.4, 0.5) is 0 Å². The number of ketones is 1. The molecule has 0 fully saturated rings. The number of methoxy groups -OCH3 is 1. The van der Waals surface area contributed by atoms with Crippen LogP contribution in [0.5, 0.6) is 11.5 Å². The Kier molecular flexibility index (Phi) is 4.96. The Hall–Kier alpha value is -3.01. The fourth-order valence-electron chi connectivity index (χ4n) is 2.39. The smallest absolute Gasteiger partial charge is 0.170 e. The highest BCUT2D eigenvalue weighted by atomic mass is 16.5. The molecule has 1 heterocycles. The number of benzene rings is 2. The first kappa shape index (κ1) is 15.9. The van der Waals surface area contributed by atoms with E-state index in [-0.39, 0.29) is 12.2 Å². The summed E-state index contributed by atoms with van der Waals surface area (Å²) in [6.45, 7) is 0.441. The number of hydrogen-bond acceptors (Lipinski definition) is 4. The highest BCUT2D eigenvalue weighted by Crippen LogP contribution is 2.29. The first-order valence-corrected chi connectivity index (χ1v) is 7.65. The molecule has 0 saturated carbocycles. The predicted octanol–water partition coefficient (Wildman–Crippen LogP) is 4.29. The quantitative estimate of drug-likeness (QED) is 0.609. The number of rotatable bonds is 7. The highest BCUT2D eigenvalue weighted by molar-refractivity contribution is 5.97. The normalized spacial score (nSPS) is 10.4. The molecule has 3 aromatic rings. The van der Waals surface area contributed by atoms with Crippen LogP contribution in [0.25, 0.3) is 0 Å². The van der Waals surface area contributed by atoms with Gasteiger partial charge in [-0.2, -0.15) is 0 Å². The largest absolute Gasteiger partial charge is 0.493 e. The topological polar surface area (TPSA) is 48.7 Å². The van der Waals surface area contributed by atoms with E-state index in [1.165, 1.54) is 12.5 Å². The summed E-state index contributed by atoms with van der Waals surface area (Å²) in [6.07, 6.45) is 3.24. The van der Waals surface area contributed by atoms with Gasteiger partial charge in [0.1, 0.15) is 12.9 Å². The molecule has 0 bridgehead atoms. The zero-order valence-corrected chi connectivity index (χ0v) is 13.4. The van der Waals surface area contributed by atoms with Gasteiger partial charge in [0.2, 0.25) is 0 Å². The molecule has 0 amide bonds. The minimum Gasteiger partial charge on any atom is -0.493 e. The molecule has 0 aliphatic rings. The fraction of sp³-hybridized carbons (Fsp3) is 0.150. The monoisotopic (exact) mass is 322 g/mol. The molecular formula is C20H18O4. The Bertz CT molecular complexity index is 792. The number of hydrogen-bond donors (Lipinski definition) is 0. The minimum absolute atomic E-state index is 0.00271. The summed E-state index contributed by atoms with van der Waals surface area (Å²) < 4.78 is 16.2. The lowest BCUT2D eigenvalue weighted by molar-refractivity contribution is 0.0992. The molecule has 4 nitrogen and oxygen atoms in total. The van der Waals surface area contributed by atoms with Crippen LogP contribution in [0.1, 0.15) is 21.5 Å². The molecule has 0 aliphatic carbocycles. The molecule has 122 valence electrons. The van der Waals surface area contributed by atoms with E-state index >= 15 is 0 Å². The molecule has 4 heteroatoms. The molecule has 0 spiro atoms. The second kappa shape index (κ2) is 7.51. The summed E-state index contributed by atoms with van der Waals surface area (Å²) in [5.41, 5.74) is 2.50. The Labute approximate surface area is 140 Å². The Balaban J connectivity index is 1.74. The molecule has 0 aliphatic heterocycles. The summed E-state index contributed by atoms with van der Waals surface area (Å²) >= 11 is 0. The van der Waals surface area contributed by atoms with E-state index in [4.69, 9.17) is 13.9 Å². The molecule has 0 unspecified atom stereocenters. The molecule has 0 saturated heterocycles. The summed E-state index contributed by atoms with van der Waals surface area (Å²) in [4.78, 5) is 12.2. The van der Waals surface area contributed by atoms with Crippen molar-refractivity contribution in [3.05, 3.63) is 83.8 Å². The summed E-state index contributed by atoms with van der Waals surface area (Å²) in [7, 11) is 1.60. The van der Waals surface area contributed by atoms with Crippen molar-refractivity contribution in [1.82, 2.24) is 0 Å². The lowest BCUT2D eigenvalue weighted by Crippen LogP contribution is -2.03. The van der Waals surface area contributed by atoms with E-state index in [0.717, 1.165) is 11.1 Å². The maximum Gasteiger partial charge on any atom is 0.170 e. The van der Waals surface area contributed by atoms with E-state index in [0.29, 0.717) is 23.7 Å². The van der Waals surface area contributed by atoms with Gasteiger partial charge in [0.25, 0.3) is 0 Å². The first-order chi connectivity index (χ1) is 11.8. The van der Waals surface area contributed by atoms with Crippen LogP contribution in [0.2, 0.25) is 0 Å². The molecule has 2 aromatic carbocycles. The van der Waals surface area contributed by atoms with E-state index in [9.17, 15) is 4.79 Å². The molecule has 3 rings (SSSR count). The maximum atomic E-state index is 12.2. The van der Waals surface area contributed by atoms with Gasteiger partial charge in [-0.15, -0.1) is 0 Å². The third-order valence-corrected chi connectivity index (χ3v) is 3.67. The molecular weight excluding hydrogens is 304 g/mol. The van der Waals surface area contributed by atoms with Gasteiger partial charge in [0, 0.05) is 6.42 Å². The predicted molar refractivity (Wildman–Crippen MR) is 90.5 cm³/mol. The van der Waals surface area contributed by atoms with Crippen LogP contribution in [0, 0.1) is 0 Å². The van der Waals surface area contributed by atoms with E-state index in [1.54, 1.807) is 13.2 Å². The third kappa shape index (κ3) is 3.84. The van der Waals surface area contributed by atoms with Crippen molar-refractivity contribution in [2.24, 2.45) is 0 Å². The summed E-state index contributed by atoms with van der Waals surface area (Å²) in [5.74, 6) is 1.27. The summed E-state index contributed by atoms with van der Waals surface area (Å²) in [6, 6.07) is 17.1. The van der Waals surface area contributed by atoms with Crippen molar-refractivity contribution >= 4 is 5.78 Å². The number of Topliss-reactive ketones (excluding diaryl/α,β-unsaturated/α-hetero) is 1. The van der Waals surface area contributed by atoms with Gasteiger partial charge in [-0.3, -0.25) is 4.79 Å². The Morgan fingerprint density at radius 3 is 2.54 bits per heavy atom. The minimum atomic E-state index is 0.00271. The van der Waals surface area contributed by atoms with E-state index < -0.39 is 0 Å². The Morgan fingerprint density at radius 2 is 1.83 bits per heavy atom. The molecule has 0 radical (unpaired) electrons. The second-order valence-corrected chi connectivity index (χ2v) is 5.37. The average molecular weight is 322 g/mol. The van der Waals surface area contributed by atoms with Gasteiger partial charge in [-0.25, -0.2) is 0 Å². The molecule has 0 atom stereocenters. The highest BCUT2D eigenvalue weighted by Gasteiger charge is 2.11. The zero-order chi connectivity index (χ0) is 16.8. The standard InChI is InChI=1S/C20H18O4/c1-22-19-8-7-16(11-18(21)17-9-10-23-14-17)12-20(19)24-13-15-5-3-2-4-6-15/h2-10,12,14H,11,13H2,1H3. The SMILES string of the molecule is COc1ccc(CC(=O)c2ccoc2)cc1OCc1ccccc1. The second-order valence-electron chi connectivity index (χ2n) is 5.37. The van der Waals surface area contributed by atoms with Crippen LogP contribution in [0.15, 0.2) is 71.5 Å². The molecule has 1 aromatic heterocycles. The van der Waals surface area contributed by atoms with Gasteiger partial charge in [0.05, 0.1) is 18.9 Å². The van der Waals surface area contributed by atoms with Crippen molar-refractivity contribution in [1.29, 1.82) is 0 Å². The maximum absolute atomic E-state index is 12.2. The first-order valence-electron chi connectivity index (χ1n) is 7.65. The van der Waals surface area contributed by atoms with Crippen LogP contribution in [0.3, 0.4) is 0 Å². The van der Waals surface area contributed by atoms with Crippen molar-refractivity contribution in [2.75, 3.05) is 7.11 Å². The van der Waals surface area contributed by atoms with E-state index in [1.807, 2.05) is 48.5 Å². The lowest BCUT2D eigenvalue weighted by atomic mass is 10.0. The van der Waals surface area contributed by atoms with Crippen molar-refractivity contribution in [3.8, 4) is 11.5 Å². The molecule has 0 N–H and O–H groups in total. The van der Waals surface area contributed by atoms with Crippen LogP contribution >= 0.6 is 0 Å². The van der Waals surface area contributed by atoms with Gasteiger partial charge in [0.15, 0.2) is 17.3 Å². The number of furan rings is 1. The summed E-state index contributed by atoms with van der Waals surface area (Å²) in [5, 5.41) is 0.